The zero-order valence-corrected chi connectivity index (χ0v) is 12.7. The van der Waals surface area contributed by atoms with E-state index in [0.717, 1.165) is 5.56 Å². The molecule has 0 saturated heterocycles. The number of nitrogens with one attached hydrogen (secondary N) is 1. The van der Waals surface area contributed by atoms with Crippen molar-refractivity contribution in [3.8, 4) is 0 Å². The highest BCUT2D eigenvalue weighted by molar-refractivity contribution is 6.42. The third-order valence-corrected chi connectivity index (χ3v) is 3.90. The molecule has 1 unspecified atom stereocenters. The van der Waals surface area contributed by atoms with Gasteiger partial charge in [0.15, 0.2) is 0 Å². The third kappa shape index (κ3) is 3.46. The molecule has 0 radical (unpaired) electrons. The molecular formula is C15H13Cl2FN2O. The molecule has 0 aliphatic carbocycles. The summed E-state index contributed by atoms with van der Waals surface area (Å²) in [7, 11) is 0. The minimum atomic E-state index is -0.619. The van der Waals surface area contributed by atoms with Gasteiger partial charge >= 0.3 is 0 Å². The van der Waals surface area contributed by atoms with E-state index < -0.39 is 11.7 Å². The quantitative estimate of drug-likeness (QED) is 0.874. The van der Waals surface area contributed by atoms with Gasteiger partial charge in [-0.1, -0.05) is 35.3 Å². The van der Waals surface area contributed by atoms with Crippen LogP contribution in [-0.4, -0.2) is 5.91 Å². The number of carbonyl (C=O) groups excluding carboxylic acids is 1. The van der Waals surface area contributed by atoms with Crippen LogP contribution in [0.5, 0.6) is 0 Å². The fraction of sp³-hybridized carbons (Fsp3) is 0.133. The SMILES string of the molecule is CC(Nc1cc(C(N)=O)ccc1F)c1cccc(Cl)c1Cl. The van der Waals surface area contributed by atoms with Crippen molar-refractivity contribution >= 4 is 34.8 Å². The van der Waals surface area contributed by atoms with Crippen LogP contribution >= 0.6 is 23.2 Å². The summed E-state index contributed by atoms with van der Waals surface area (Å²) in [5, 5.41) is 3.80. The van der Waals surface area contributed by atoms with E-state index in [9.17, 15) is 9.18 Å². The summed E-state index contributed by atoms with van der Waals surface area (Å²) < 4.78 is 13.8. The molecule has 2 aromatic carbocycles. The van der Waals surface area contributed by atoms with E-state index in [1.165, 1.54) is 18.2 Å². The van der Waals surface area contributed by atoms with Crippen LogP contribution in [0.3, 0.4) is 0 Å². The topological polar surface area (TPSA) is 55.1 Å². The lowest BCUT2D eigenvalue weighted by molar-refractivity contribution is 0.100. The number of amides is 1. The lowest BCUT2D eigenvalue weighted by Gasteiger charge is -2.18. The molecule has 3 N–H and O–H groups in total. The largest absolute Gasteiger partial charge is 0.376 e. The molecule has 2 aromatic rings. The van der Waals surface area contributed by atoms with E-state index in [-0.39, 0.29) is 17.3 Å². The monoisotopic (exact) mass is 326 g/mol. The van der Waals surface area contributed by atoms with Crippen LogP contribution in [0.25, 0.3) is 0 Å². The first-order valence-electron chi connectivity index (χ1n) is 6.20. The Bertz CT molecular complexity index is 691. The maximum atomic E-state index is 13.8. The summed E-state index contributed by atoms with van der Waals surface area (Å²) in [6.45, 7) is 1.81. The molecule has 1 atom stereocenters. The first-order valence-corrected chi connectivity index (χ1v) is 6.95. The van der Waals surface area contributed by atoms with E-state index in [0.29, 0.717) is 10.0 Å². The van der Waals surface area contributed by atoms with Crippen LogP contribution in [0, 0.1) is 5.82 Å². The van der Waals surface area contributed by atoms with E-state index in [2.05, 4.69) is 5.32 Å². The van der Waals surface area contributed by atoms with Crippen molar-refractivity contribution in [2.24, 2.45) is 5.73 Å². The first-order chi connectivity index (χ1) is 9.90. The number of carbonyl (C=O) groups is 1. The molecule has 3 nitrogen and oxygen atoms in total. The highest BCUT2D eigenvalue weighted by atomic mass is 35.5. The standard InChI is InChI=1S/C15H13Cl2FN2O/c1-8(10-3-2-4-11(16)14(10)17)20-13-7-9(15(19)21)5-6-12(13)18/h2-8,20H,1H3,(H2,19,21). The molecule has 1 amide bonds. The molecule has 0 bridgehead atoms. The van der Waals surface area contributed by atoms with Gasteiger partial charge in [0.1, 0.15) is 5.82 Å². The van der Waals surface area contributed by atoms with Crippen LogP contribution in [-0.2, 0) is 0 Å². The molecule has 21 heavy (non-hydrogen) atoms. The molecule has 6 heteroatoms. The van der Waals surface area contributed by atoms with Crippen molar-refractivity contribution in [2.45, 2.75) is 13.0 Å². The summed E-state index contributed by atoms with van der Waals surface area (Å²) in [5.74, 6) is -1.10. The van der Waals surface area contributed by atoms with Crippen molar-refractivity contribution in [3.63, 3.8) is 0 Å². The van der Waals surface area contributed by atoms with Gasteiger partial charge in [0.25, 0.3) is 0 Å². The third-order valence-electron chi connectivity index (χ3n) is 3.07. The summed E-state index contributed by atoms with van der Waals surface area (Å²) >= 11 is 12.1. The summed E-state index contributed by atoms with van der Waals surface area (Å²) in [4.78, 5) is 11.2. The van der Waals surface area contributed by atoms with Gasteiger partial charge in [0, 0.05) is 5.56 Å². The minimum absolute atomic E-state index is 0.176. The number of primary amides is 1. The highest BCUT2D eigenvalue weighted by Gasteiger charge is 2.14. The molecule has 0 aliphatic rings. The van der Waals surface area contributed by atoms with Gasteiger partial charge in [-0.25, -0.2) is 4.39 Å². The summed E-state index contributed by atoms with van der Waals surface area (Å²) in [6.07, 6.45) is 0. The molecule has 0 saturated carbocycles. The minimum Gasteiger partial charge on any atom is -0.376 e. The fourth-order valence-electron chi connectivity index (χ4n) is 1.96. The van der Waals surface area contributed by atoms with Crippen molar-refractivity contribution in [2.75, 3.05) is 5.32 Å². The number of anilines is 1. The van der Waals surface area contributed by atoms with Gasteiger partial charge < -0.3 is 11.1 Å². The Hall–Kier alpha value is -1.78. The number of nitrogens with two attached hydrogens (primary N) is 1. The Kier molecular flexibility index (Phi) is 4.70. The van der Waals surface area contributed by atoms with Gasteiger partial charge in [0.05, 0.1) is 21.8 Å². The fourth-order valence-corrected chi connectivity index (χ4v) is 2.43. The molecule has 0 spiro atoms. The van der Waals surface area contributed by atoms with Crippen molar-refractivity contribution < 1.29 is 9.18 Å². The number of halogens is 3. The van der Waals surface area contributed by atoms with Gasteiger partial charge in [0.2, 0.25) is 5.91 Å². The second kappa shape index (κ2) is 6.33. The van der Waals surface area contributed by atoms with Crippen molar-refractivity contribution in [3.05, 3.63) is 63.4 Å². The average Bonchev–Trinajstić information content (AvgIpc) is 2.43. The number of rotatable bonds is 4. The van der Waals surface area contributed by atoms with Crippen LogP contribution in [0.2, 0.25) is 10.0 Å². The lowest BCUT2D eigenvalue weighted by atomic mass is 10.1. The molecule has 0 aliphatic heterocycles. The molecule has 0 heterocycles. The average molecular weight is 327 g/mol. The van der Waals surface area contributed by atoms with Crippen molar-refractivity contribution in [1.82, 2.24) is 0 Å². The van der Waals surface area contributed by atoms with Crippen molar-refractivity contribution in [1.29, 1.82) is 0 Å². The smallest absolute Gasteiger partial charge is 0.248 e. The van der Waals surface area contributed by atoms with Crippen LogP contribution in [0.15, 0.2) is 36.4 Å². The van der Waals surface area contributed by atoms with Crippen LogP contribution in [0.4, 0.5) is 10.1 Å². The van der Waals surface area contributed by atoms with Gasteiger partial charge in [-0.2, -0.15) is 0 Å². The van der Waals surface area contributed by atoms with E-state index in [1.54, 1.807) is 18.2 Å². The van der Waals surface area contributed by atoms with E-state index >= 15 is 0 Å². The summed E-state index contributed by atoms with van der Waals surface area (Å²) in [6, 6.07) is 8.82. The Morgan fingerprint density at radius 1 is 1.29 bits per heavy atom. The Balaban J connectivity index is 2.31. The van der Waals surface area contributed by atoms with Gasteiger partial charge in [-0.3, -0.25) is 4.79 Å². The summed E-state index contributed by atoms with van der Waals surface area (Å²) in [5.41, 5.74) is 6.32. The van der Waals surface area contributed by atoms with Gasteiger partial charge in [-0.15, -0.1) is 0 Å². The Labute approximate surface area is 131 Å². The zero-order chi connectivity index (χ0) is 15.6. The van der Waals surface area contributed by atoms with Gasteiger partial charge in [-0.05, 0) is 36.8 Å². The second-order valence-electron chi connectivity index (χ2n) is 4.57. The molecule has 0 fully saturated rings. The highest BCUT2D eigenvalue weighted by Crippen LogP contribution is 2.32. The number of hydrogen-bond acceptors (Lipinski definition) is 2. The molecular weight excluding hydrogens is 314 g/mol. The zero-order valence-electron chi connectivity index (χ0n) is 11.2. The number of hydrogen-bond donors (Lipinski definition) is 2. The number of benzene rings is 2. The normalized spacial score (nSPS) is 12.0. The maximum absolute atomic E-state index is 13.8. The Morgan fingerprint density at radius 2 is 2.00 bits per heavy atom. The van der Waals surface area contributed by atoms with Crippen LogP contribution < -0.4 is 11.1 Å². The molecule has 0 aromatic heterocycles. The van der Waals surface area contributed by atoms with E-state index in [1.807, 2.05) is 6.92 Å². The lowest BCUT2D eigenvalue weighted by Crippen LogP contribution is -2.13. The molecule has 2 rings (SSSR count). The predicted octanol–water partition coefficient (Wildman–Crippen LogP) is 4.40. The molecule has 110 valence electrons. The first kappa shape index (κ1) is 15.6. The van der Waals surface area contributed by atoms with Crippen LogP contribution in [0.1, 0.15) is 28.9 Å². The second-order valence-corrected chi connectivity index (χ2v) is 5.35. The Morgan fingerprint density at radius 3 is 2.67 bits per heavy atom. The van der Waals surface area contributed by atoms with E-state index in [4.69, 9.17) is 28.9 Å². The predicted molar refractivity (Wildman–Crippen MR) is 83.4 cm³/mol. The maximum Gasteiger partial charge on any atom is 0.248 e.